The molecular formula is C28H22CaN2O18P2. The molecule has 264 valence electrons. The summed E-state index contributed by atoms with van der Waals surface area (Å²) < 4.78 is 63.4. The maximum absolute atomic E-state index is 12.5. The number of hydrogen-bond donors (Lipinski definition) is 6. The molecule has 2 fully saturated rings. The van der Waals surface area contributed by atoms with E-state index >= 15 is 0 Å². The van der Waals surface area contributed by atoms with Crippen molar-refractivity contribution in [1.29, 1.82) is 0 Å². The number of ether oxygens (including phenoxy) is 4. The molecule has 2 amide bonds. The van der Waals surface area contributed by atoms with Gasteiger partial charge in [0.1, 0.15) is 36.6 Å². The van der Waals surface area contributed by atoms with Crippen LogP contribution in [0.25, 0.3) is 11.1 Å². The molecular weight excluding hydrogens is 754 g/mol. The molecule has 10 rings (SSSR count). The van der Waals surface area contributed by atoms with Gasteiger partial charge in [-0.2, -0.15) is 0 Å². The van der Waals surface area contributed by atoms with Gasteiger partial charge in [0.2, 0.25) is 25.1 Å². The Bertz CT molecular complexity index is 1950. The van der Waals surface area contributed by atoms with Gasteiger partial charge >= 0.3 is 37.7 Å². The van der Waals surface area contributed by atoms with E-state index in [9.17, 15) is 48.9 Å². The Labute approximate surface area is 314 Å². The van der Waals surface area contributed by atoms with Crippen LogP contribution in [-0.2, 0) is 27.2 Å². The van der Waals surface area contributed by atoms with E-state index in [0.29, 0.717) is 22.3 Å². The number of phosphoric acid groups is 2. The monoisotopic (exact) mass is 776 g/mol. The first-order valence-electron chi connectivity index (χ1n) is 14.8. The quantitative estimate of drug-likeness (QED) is 0.126. The number of nitrogens with one attached hydrogen (secondary N) is 2. The van der Waals surface area contributed by atoms with Crippen molar-refractivity contribution < 1.29 is 86.0 Å². The Morgan fingerprint density at radius 3 is 1.41 bits per heavy atom. The van der Waals surface area contributed by atoms with Gasteiger partial charge in [-0.25, -0.2) is 0 Å². The molecule has 23 heteroatoms. The van der Waals surface area contributed by atoms with Crippen molar-refractivity contribution >= 4 is 76.3 Å². The van der Waals surface area contributed by atoms with E-state index in [1.54, 1.807) is 0 Å². The van der Waals surface area contributed by atoms with Crippen molar-refractivity contribution in [2.24, 2.45) is 0 Å². The molecule has 2 aliphatic carbocycles. The Balaban J connectivity index is 0.000000144. The van der Waals surface area contributed by atoms with Gasteiger partial charge in [0.25, 0.3) is 27.5 Å². The summed E-state index contributed by atoms with van der Waals surface area (Å²) in [6, 6.07) is 1.29. The standard InChI is InChI=1S/2C14H12NO9P.Ca/c2*16-6-1-5-4-2-7-12(22-3-21-7)10(17)8(4)14(18)15-9(5)13-11(6)23-25(19,20)24-13;/h2*1-2,6,9,11,13,16-17H,3H2,(H,15,18)(H,19,20);/q;;+2/p-2/t2*6-,9+,11+,13-;/m00./s1. The first kappa shape index (κ1) is 35.1. The minimum absolute atomic E-state index is 0. The van der Waals surface area contributed by atoms with E-state index in [2.05, 4.69) is 10.6 Å². The van der Waals surface area contributed by atoms with Gasteiger partial charge in [-0.15, -0.1) is 0 Å². The van der Waals surface area contributed by atoms with Gasteiger partial charge in [-0.1, -0.05) is 0 Å². The average Bonchev–Trinajstić information content (AvgIpc) is 3.84. The van der Waals surface area contributed by atoms with Gasteiger partial charge in [0.15, 0.2) is 23.0 Å². The number of phenolic OH excluding ortho intramolecular Hbond substituents is 2. The van der Waals surface area contributed by atoms with E-state index in [0.717, 1.165) is 0 Å². The van der Waals surface area contributed by atoms with Crippen molar-refractivity contribution in [1.82, 2.24) is 10.6 Å². The van der Waals surface area contributed by atoms with Crippen LogP contribution in [-0.4, -0.2) is 132 Å². The normalized spacial score (nSPS) is 36.9. The van der Waals surface area contributed by atoms with Gasteiger partial charge in [-0.05, 0) is 35.4 Å². The summed E-state index contributed by atoms with van der Waals surface area (Å²) in [7, 11) is -9.13. The summed E-state index contributed by atoms with van der Waals surface area (Å²) in [5, 5.41) is 46.4. The largest absolute Gasteiger partial charge is 2.00 e. The third-order valence-electron chi connectivity index (χ3n) is 9.28. The number of benzene rings is 2. The van der Waals surface area contributed by atoms with Gasteiger partial charge in [0, 0.05) is 11.1 Å². The van der Waals surface area contributed by atoms with Gasteiger partial charge < -0.3 is 77.9 Å². The summed E-state index contributed by atoms with van der Waals surface area (Å²) in [5.41, 5.74) is 1.35. The molecule has 20 nitrogen and oxygen atoms in total. The third kappa shape index (κ3) is 5.40. The molecule has 6 aliphatic heterocycles. The topological polar surface area (TPSA) is 293 Å². The summed E-state index contributed by atoms with van der Waals surface area (Å²) in [6.45, 7) is -0.195. The molecule has 0 spiro atoms. The summed E-state index contributed by atoms with van der Waals surface area (Å²) >= 11 is 0. The molecule has 2 saturated heterocycles. The molecule has 8 aliphatic rings. The fourth-order valence-electron chi connectivity index (χ4n) is 7.25. The van der Waals surface area contributed by atoms with E-state index < -0.39 is 76.2 Å². The van der Waals surface area contributed by atoms with Crippen LogP contribution in [0.3, 0.4) is 0 Å². The van der Waals surface area contributed by atoms with Crippen molar-refractivity contribution in [3.63, 3.8) is 0 Å². The predicted octanol–water partition coefficient (Wildman–Crippen LogP) is -1.89. The number of rotatable bonds is 0. The number of aliphatic hydroxyl groups excluding tert-OH is 2. The van der Waals surface area contributed by atoms with Crippen LogP contribution >= 0.6 is 15.6 Å². The second-order valence-corrected chi connectivity index (χ2v) is 14.7. The van der Waals surface area contributed by atoms with E-state index in [-0.39, 0.29) is 96.9 Å². The fraction of sp³-hybridized carbons (Fsp3) is 0.357. The smallest absolute Gasteiger partial charge is 0.756 e. The summed E-state index contributed by atoms with van der Waals surface area (Å²) in [6.07, 6.45) is -4.30. The van der Waals surface area contributed by atoms with Crippen LogP contribution in [0.1, 0.15) is 31.8 Å². The third-order valence-corrected chi connectivity index (χ3v) is 11.3. The molecule has 0 saturated carbocycles. The zero-order chi connectivity index (χ0) is 35.0. The van der Waals surface area contributed by atoms with Crippen molar-refractivity contribution in [2.75, 3.05) is 13.6 Å². The number of carbonyl (C=O) groups excluding carboxylic acids is 2. The first-order valence-corrected chi connectivity index (χ1v) is 17.7. The predicted molar refractivity (Wildman–Crippen MR) is 159 cm³/mol. The van der Waals surface area contributed by atoms with Crippen LogP contribution in [0, 0.1) is 0 Å². The Morgan fingerprint density at radius 1 is 0.647 bits per heavy atom. The number of phenols is 2. The molecule has 51 heavy (non-hydrogen) atoms. The fourth-order valence-corrected chi connectivity index (χ4v) is 9.51. The maximum Gasteiger partial charge on any atom is 2.00 e. The average molecular weight is 777 g/mol. The molecule has 6 heterocycles. The van der Waals surface area contributed by atoms with E-state index in [1.165, 1.54) is 24.3 Å². The minimum Gasteiger partial charge on any atom is -0.756 e. The number of aliphatic hydroxyl groups is 2. The molecule has 0 radical (unpaired) electrons. The van der Waals surface area contributed by atoms with Crippen LogP contribution in [0.15, 0.2) is 24.3 Å². The van der Waals surface area contributed by atoms with E-state index in [1.807, 2.05) is 0 Å². The Kier molecular flexibility index (Phi) is 8.29. The summed E-state index contributed by atoms with van der Waals surface area (Å²) in [4.78, 5) is 48.2. The minimum atomic E-state index is -4.56. The number of carbonyl (C=O) groups is 2. The molecule has 6 N–H and O–H groups in total. The van der Waals surface area contributed by atoms with Gasteiger partial charge in [-0.3, -0.25) is 18.7 Å². The second kappa shape index (κ2) is 12.0. The van der Waals surface area contributed by atoms with Crippen LogP contribution in [0.5, 0.6) is 34.5 Å². The Morgan fingerprint density at radius 2 is 1.02 bits per heavy atom. The number of amides is 2. The van der Waals surface area contributed by atoms with Crippen LogP contribution in [0.2, 0.25) is 0 Å². The molecule has 0 bridgehead atoms. The number of fused-ring (bicyclic) bond motifs is 12. The zero-order valence-corrected chi connectivity index (χ0v) is 29.4. The molecule has 2 unspecified atom stereocenters. The summed E-state index contributed by atoms with van der Waals surface area (Å²) in [5.74, 6) is -1.38. The molecule has 0 aromatic heterocycles. The zero-order valence-electron chi connectivity index (χ0n) is 25.4. The number of phosphoric ester groups is 2. The van der Waals surface area contributed by atoms with Crippen molar-refractivity contribution in [3.05, 3.63) is 46.5 Å². The molecule has 2 aromatic carbocycles. The van der Waals surface area contributed by atoms with E-state index in [4.69, 9.17) is 37.0 Å². The number of hydrogen-bond acceptors (Lipinski definition) is 18. The van der Waals surface area contributed by atoms with Crippen molar-refractivity contribution in [2.45, 2.75) is 48.7 Å². The second-order valence-electron chi connectivity index (χ2n) is 12.1. The molecule has 2 aromatic rings. The van der Waals surface area contributed by atoms with Crippen LogP contribution < -0.4 is 39.4 Å². The Hall–Kier alpha value is -2.94. The van der Waals surface area contributed by atoms with Crippen molar-refractivity contribution in [3.8, 4) is 34.5 Å². The number of aromatic hydroxyl groups is 2. The molecule has 10 atom stereocenters. The van der Waals surface area contributed by atoms with Gasteiger partial charge in [0.05, 0.1) is 23.2 Å². The first-order chi connectivity index (χ1) is 23.7. The van der Waals surface area contributed by atoms with Crippen LogP contribution in [0.4, 0.5) is 0 Å². The SMILES string of the molecule is O=C1N[C@@H]2C(=C[C@H](O)[C@H]3OP(=O)([O-])O[C@H]32)c2cc3c(c(O)c21)OCO3.O=C1N[C@@H]2C(=C[C@H](O)[C@H]3OP(=O)([O-])O[C@H]32)c2cc3c(c(O)c21)OCO3.[Ca+2]. The maximum atomic E-state index is 12.5.